The van der Waals surface area contributed by atoms with Gasteiger partial charge in [-0.05, 0) is 24.3 Å². The zero-order valence-corrected chi connectivity index (χ0v) is 9.62. The highest BCUT2D eigenvalue weighted by Gasteiger charge is 2.16. The topological polar surface area (TPSA) is 127 Å². The van der Waals surface area contributed by atoms with Gasteiger partial charge in [-0.25, -0.2) is 8.42 Å². The van der Waals surface area contributed by atoms with E-state index in [0.717, 1.165) is 0 Å². The molecule has 0 saturated carbocycles. The van der Waals surface area contributed by atoms with Crippen LogP contribution in [0.1, 0.15) is 0 Å². The maximum absolute atomic E-state index is 11.5. The van der Waals surface area contributed by atoms with Crippen LogP contribution in [0.4, 0.5) is 5.69 Å². The van der Waals surface area contributed by atoms with Crippen LogP contribution in [0.3, 0.4) is 0 Å². The number of hydrogen-bond acceptors (Lipinski definition) is 5. The lowest BCUT2D eigenvalue weighted by molar-refractivity contribution is 0.480. The van der Waals surface area contributed by atoms with Crippen LogP contribution in [0.2, 0.25) is 0 Å². The van der Waals surface area contributed by atoms with Crippen molar-refractivity contribution in [2.45, 2.75) is 4.90 Å². The number of nitrogens with one attached hydrogen (secondary N) is 1. The Morgan fingerprint density at radius 3 is 2.06 bits per heavy atom. The summed E-state index contributed by atoms with van der Waals surface area (Å²) in [5.74, 6) is -1.07. The number of hydrogen-bond donors (Lipinski definition) is 3. The summed E-state index contributed by atoms with van der Waals surface area (Å²) in [6.45, 7) is 0. The Morgan fingerprint density at radius 2 is 1.62 bits per heavy atom. The van der Waals surface area contributed by atoms with Crippen molar-refractivity contribution in [1.82, 2.24) is 4.72 Å². The molecule has 1 aromatic carbocycles. The zero-order valence-electron chi connectivity index (χ0n) is 7.99. The molecule has 1 rings (SSSR count). The molecule has 0 aromatic heterocycles. The predicted molar refractivity (Wildman–Crippen MR) is 57.6 cm³/mol. The van der Waals surface area contributed by atoms with Gasteiger partial charge in [-0.3, -0.25) is 4.55 Å². The molecule has 0 atom stereocenters. The highest BCUT2D eigenvalue weighted by molar-refractivity contribution is 7.91. The number of nitrogens with two attached hydrogens (primary N) is 1. The summed E-state index contributed by atoms with van der Waals surface area (Å²) in [6, 6.07) is 5.17. The summed E-state index contributed by atoms with van der Waals surface area (Å²) in [7, 11) is -8.34. The van der Waals surface area contributed by atoms with Crippen LogP contribution in [0.25, 0.3) is 0 Å². The van der Waals surface area contributed by atoms with Gasteiger partial charge in [0.25, 0.3) is 10.1 Å². The monoisotopic (exact) mass is 266 g/mol. The van der Waals surface area contributed by atoms with Crippen molar-refractivity contribution < 1.29 is 21.4 Å². The quantitative estimate of drug-likeness (QED) is 0.493. The van der Waals surface area contributed by atoms with Crippen molar-refractivity contribution >= 4 is 25.8 Å². The molecular formula is C7H10N2O5S2. The normalized spacial score (nSPS) is 12.6. The highest BCUT2D eigenvalue weighted by Crippen LogP contribution is 2.11. The molecule has 0 unspecified atom stereocenters. The van der Waals surface area contributed by atoms with Gasteiger partial charge in [0.2, 0.25) is 10.0 Å². The first-order chi connectivity index (χ1) is 7.21. The van der Waals surface area contributed by atoms with E-state index in [4.69, 9.17) is 10.3 Å². The second-order valence-electron chi connectivity index (χ2n) is 2.94. The Bertz CT molecular complexity index is 561. The largest absolute Gasteiger partial charge is 0.399 e. The molecule has 7 nitrogen and oxygen atoms in total. The SMILES string of the molecule is Nc1ccc(S(=O)(=O)NCS(=O)(=O)O)cc1. The summed E-state index contributed by atoms with van der Waals surface area (Å²) >= 11 is 0. The van der Waals surface area contributed by atoms with Crippen LogP contribution in [-0.4, -0.2) is 27.3 Å². The summed E-state index contributed by atoms with van der Waals surface area (Å²) in [5, 5.41) is 0. The molecule has 0 heterocycles. The van der Waals surface area contributed by atoms with E-state index in [1.807, 2.05) is 0 Å². The van der Waals surface area contributed by atoms with Crippen LogP contribution in [0, 0.1) is 0 Å². The molecule has 0 radical (unpaired) electrons. The van der Waals surface area contributed by atoms with Gasteiger partial charge in [0.1, 0.15) is 5.88 Å². The lowest BCUT2D eigenvalue weighted by Gasteiger charge is -2.04. The molecule has 0 aliphatic rings. The Kier molecular flexibility index (Phi) is 3.53. The molecule has 0 fully saturated rings. The third-order valence-electron chi connectivity index (χ3n) is 1.62. The van der Waals surface area contributed by atoms with E-state index in [1.54, 1.807) is 4.72 Å². The molecular weight excluding hydrogens is 256 g/mol. The molecule has 0 amide bonds. The Hall–Kier alpha value is -1.16. The molecule has 90 valence electrons. The molecule has 0 saturated heterocycles. The Labute approximate surface area is 93.1 Å². The molecule has 0 spiro atoms. The molecule has 1 aromatic rings. The number of nitrogen functional groups attached to an aromatic ring is 1. The van der Waals surface area contributed by atoms with Crippen molar-refractivity contribution in [2.75, 3.05) is 11.6 Å². The van der Waals surface area contributed by atoms with E-state index in [9.17, 15) is 16.8 Å². The second kappa shape index (κ2) is 4.37. The fourth-order valence-electron chi connectivity index (χ4n) is 0.882. The van der Waals surface area contributed by atoms with Gasteiger partial charge < -0.3 is 5.73 Å². The molecule has 4 N–H and O–H groups in total. The van der Waals surface area contributed by atoms with Crippen molar-refractivity contribution in [3.8, 4) is 0 Å². The maximum Gasteiger partial charge on any atom is 0.279 e. The summed E-state index contributed by atoms with van der Waals surface area (Å²) in [5.41, 5.74) is 5.75. The van der Waals surface area contributed by atoms with Crippen molar-refractivity contribution in [3.05, 3.63) is 24.3 Å². The van der Waals surface area contributed by atoms with Gasteiger partial charge in [-0.15, -0.1) is 0 Å². The van der Waals surface area contributed by atoms with E-state index in [2.05, 4.69) is 0 Å². The van der Waals surface area contributed by atoms with E-state index in [1.165, 1.54) is 24.3 Å². The van der Waals surface area contributed by atoms with Crippen LogP contribution >= 0.6 is 0 Å². The second-order valence-corrected chi connectivity index (χ2v) is 6.16. The lowest BCUT2D eigenvalue weighted by Crippen LogP contribution is -2.29. The first-order valence-electron chi connectivity index (χ1n) is 4.01. The predicted octanol–water partition coefficient (Wildman–Crippen LogP) is -0.608. The third kappa shape index (κ3) is 3.77. The van der Waals surface area contributed by atoms with Crippen LogP contribution in [-0.2, 0) is 20.1 Å². The average molecular weight is 266 g/mol. The van der Waals surface area contributed by atoms with Gasteiger partial charge in [-0.1, -0.05) is 0 Å². The fraction of sp³-hybridized carbons (Fsp3) is 0.143. The molecule has 0 aliphatic carbocycles. The van der Waals surface area contributed by atoms with Crippen molar-refractivity contribution in [2.24, 2.45) is 0 Å². The van der Waals surface area contributed by atoms with E-state index in [0.29, 0.717) is 5.69 Å². The van der Waals surface area contributed by atoms with Gasteiger partial charge in [-0.2, -0.15) is 13.1 Å². The smallest absolute Gasteiger partial charge is 0.279 e. The maximum atomic E-state index is 11.5. The van der Waals surface area contributed by atoms with Gasteiger partial charge in [0, 0.05) is 5.69 Å². The Morgan fingerprint density at radius 1 is 1.12 bits per heavy atom. The molecule has 0 aliphatic heterocycles. The van der Waals surface area contributed by atoms with Crippen LogP contribution in [0.5, 0.6) is 0 Å². The summed E-state index contributed by atoms with van der Waals surface area (Å²) < 4.78 is 53.8. The van der Waals surface area contributed by atoms with Gasteiger partial charge in [0.05, 0.1) is 4.90 Å². The van der Waals surface area contributed by atoms with Crippen molar-refractivity contribution in [3.63, 3.8) is 0 Å². The minimum absolute atomic E-state index is 0.134. The number of sulfonamides is 1. The molecule has 9 heteroatoms. The van der Waals surface area contributed by atoms with Crippen LogP contribution < -0.4 is 10.5 Å². The third-order valence-corrected chi connectivity index (χ3v) is 3.73. The highest BCUT2D eigenvalue weighted by atomic mass is 32.2. The average Bonchev–Trinajstić information content (AvgIpc) is 2.15. The van der Waals surface area contributed by atoms with E-state index >= 15 is 0 Å². The first-order valence-corrected chi connectivity index (χ1v) is 7.10. The fourth-order valence-corrected chi connectivity index (χ4v) is 2.76. The van der Waals surface area contributed by atoms with E-state index in [-0.39, 0.29) is 4.90 Å². The standard InChI is InChI=1S/C7H10N2O5S2/c8-6-1-3-7(4-2-6)16(13,14)9-5-15(10,11)12/h1-4,9H,5,8H2,(H,10,11,12). The summed E-state index contributed by atoms with van der Waals surface area (Å²) in [4.78, 5) is -0.134. The number of anilines is 1. The number of rotatable bonds is 4. The van der Waals surface area contributed by atoms with Gasteiger partial charge >= 0.3 is 0 Å². The Balaban J connectivity index is 2.91. The number of benzene rings is 1. The summed E-state index contributed by atoms with van der Waals surface area (Å²) in [6.07, 6.45) is 0. The van der Waals surface area contributed by atoms with Crippen molar-refractivity contribution in [1.29, 1.82) is 0 Å². The lowest BCUT2D eigenvalue weighted by atomic mass is 10.3. The zero-order chi connectivity index (χ0) is 12.4. The minimum Gasteiger partial charge on any atom is -0.399 e. The first kappa shape index (κ1) is 12.9. The molecule has 16 heavy (non-hydrogen) atoms. The van der Waals surface area contributed by atoms with E-state index < -0.39 is 26.0 Å². The molecule has 0 bridgehead atoms. The minimum atomic E-state index is -4.39. The van der Waals surface area contributed by atoms with Crippen LogP contribution in [0.15, 0.2) is 29.2 Å². The van der Waals surface area contributed by atoms with Gasteiger partial charge in [0.15, 0.2) is 0 Å².